The second kappa shape index (κ2) is 7.73. The Balaban J connectivity index is 2.09. The largest absolute Gasteiger partial charge is 0.504 e. The molecule has 5 N–H and O–H groups in total. The van der Waals surface area contributed by atoms with Crippen molar-refractivity contribution in [3.8, 4) is 11.5 Å². The molecule has 0 heterocycles. The molecule has 0 bridgehead atoms. The number of aromatic hydroxyl groups is 2. The van der Waals surface area contributed by atoms with Crippen molar-refractivity contribution in [2.75, 3.05) is 7.11 Å². The fraction of sp³-hybridized carbons (Fsp3) is 0.412. The lowest BCUT2D eigenvalue weighted by Gasteiger charge is -2.41. The third-order valence-corrected chi connectivity index (χ3v) is 4.30. The van der Waals surface area contributed by atoms with E-state index < -0.39 is 35.9 Å². The Morgan fingerprint density at radius 1 is 1.19 bits per heavy atom. The van der Waals surface area contributed by atoms with Crippen molar-refractivity contribution in [3.63, 3.8) is 0 Å². The summed E-state index contributed by atoms with van der Waals surface area (Å²) in [5.41, 5.74) is -1.37. The number of carboxylic acid groups (broad SMARTS) is 1. The first-order valence-electron chi connectivity index (χ1n) is 7.74. The molecular weight excluding hydrogens is 348 g/mol. The van der Waals surface area contributed by atoms with Gasteiger partial charge in [-0.2, -0.15) is 0 Å². The number of benzene rings is 1. The zero-order valence-corrected chi connectivity index (χ0v) is 13.9. The fourth-order valence-corrected chi connectivity index (χ4v) is 2.77. The maximum absolute atomic E-state index is 12.0. The molecule has 1 aliphatic carbocycles. The summed E-state index contributed by atoms with van der Waals surface area (Å²) >= 11 is 0. The summed E-state index contributed by atoms with van der Waals surface area (Å²) in [6, 6.07) is 3.90. The van der Waals surface area contributed by atoms with Crippen LogP contribution >= 0.6 is 0 Å². The number of carbonyl (C=O) groups is 2. The average Bonchev–Trinajstić information content (AvgIpc) is 2.59. The first kappa shape index (κ1) is 19.7. The molecule has 4 atom stereocenters. The van der Waals surface area contributed by atoms with E-state index in [0.29, 0.717) is 5.56 Å². The van der Waals surface area contributed by atoms with E-state index in [-0.39, 0.29) is 24.3 Å². The van der Waals surface area contributed by atoms with Gasteiger partial charge in [-0.3, -0.25) is 0 Å². The molecule has 2 rings (SSSR count). The van der Waals surface area contributed by atoms with Crippen LogP contribution < -0.4 is 0 Å². The lowest BCUT2D eigenvalue weighted by molar-refractivity contribution is -0.201. The molecule has 0 amide bonds. The summed E-state index contributed by atoms with van der Waals surface area (Å²) in [6.45, 7) is 0. The van der Waals surface area contributed by atoms with E-state index in [1.807, 2.05) is 0 Å². The number of ether oxygens (including phenoxy) is 2. The summed E-state index contributed by atoms with van der Waals surface area (Å²) in [5, 5.41) is 47.8. The Kier molecular flexibility index (Phi) is 5.86. The number of phenolic OH excluding ortho intramolecular Hbond substituents is 2. The minimum Gasteiger partial charge on any atom is -0.504 e. The van der Waals surface area contributed by atoms with E-state index in [9.17, 15) is 35.1 Å². The molecule has 1 fully saturated rings. The van der Waals surface area contributed by atoms with Gasteiger partial charge in [-0.05, 0) is 23.8 Å². The van der Waals surface area contributed by atoms with Crippen molar-refractivity contribution in [2.45, 2.75) is 36.8 Å². The number of phenols is 2. The summed E-state index contributed by atoms with van der Waals surface area (Å²) in [5.74, 6) is -2.89. The van der Waals surface area contributed by atoms with Crippen LogP contribution in [0.15, 0.2) is 24.3 Å². The van der Waals surface area contributed by atoms with Crippen LogP contribution in [0.4, 0.5) is 0 Å². The van der Waals surface area contributed by atoms with Gasteiger partial charge in [-0.15, -0.1) is 0 Å². The van der Waals surface area contributed by atoms with Crippen LogP contribution in [-0.2, 0) is 19.1 Å². The molecule has 9 heteroatoms. The molecule has 1 unspecified atom stereocenters. The molecule has 26 heavy (non-hydrogen) atoms. The SMILES string of the molecule is CO[C@]1(C(=O)O)CC(OC(=O)/C=C/c2ccc(O)c(O)c2)[C@H](O)[C@H](O)C1. The Labute approximate surface area is 148 Å². The molecule has 1 saturated carbocycles. The highest BCUT2D eigenvalue weighted by Gasteiger charge is 2.51. The molecule has 0 saturated heterocycles. The molecule has 0 aromatic heterocycles. The zero-order chi connectivity index (χ0) is 19.5. The highest BCUT2D eigenvalue weighted by atomic mass is 16.6. The number of hydrogen-bond acceptors (Lipinski definition) is 8. The number of rotatable bonds is 5. The summed E-state index contributed by atoms with van der Waals surface area (Å²) in [6.07, 6.45) is -2.51. The van der Waals surface area contributed by atoms with Gasteiger partial charge < -0.3 is 35.0 Å². The van der Waals surface area contributed by atoms with Crippen molar-refractivity contribution in [1.82, 2.24) is 0 Å². The standard InChI is InChI=1S/C17H20O9/c1-25-17(16(23)24)7-12(20)15(22)13(8-17)26-14(21)5-3-9-2-4-10(18)11(19)6-9/h2-6,12-13,15,18-20,22H,7-8H2,1H3,(H,23,24)/b5-3+/t12-,13?,15-,17+/m1/s1. The second-order valence-corrected chi connectivity index (χ2v) is 6.03. The molecule has 0 radical (unpaired) electrons. The van der Waals surface area contributed by atoms with Crippen LogP contribution in [0, 0.1) is 0 Å². The van der Waals surface area contributed by atoms with Crippen LogP contribution in [0.2, 0.25) is 0 Å². The molecule has 0 aliphatic heterocycles. The summed E-state index contributed by atoms with van der Waals surface area (Å²) in [4.78, 5) is 23.4. The van der Waals surface area contributed by atoms with Gasteiger partial charge in [0.1, 0.15) is 12.2 Å². The lowest BCUT2D eigenvalue weighted by atomic mass is 9.79. The third kappa shape index (κ3) is 4.13. The van der Waals surface area contributed by atoms with E-state index >= 15 is 0 Å². The monoisotopic (exact) mass is 368 g/mol. The van der Waals surface area contributed by atoms with E-state index in [0.717, 1.165) is 13.2 Å². The van der Waals surface area contributed by atoms with Gasteiger partial charge in [0.05, 0.1) is 6.10 Å². The van der Waals surface area contributed by atoms with Gasteiger partial charge in [0.2, 0.25) is 0 Å². The maximum atomic E-state index is 12.0. The molecular formula is C17H20O9. The van der Waals surface area contributed by atoms with Gasteiger partial charge in [0, 0.05) is 26.0 Å². The van der Waals surface area contributed by atoms with Gasteiger partial charge in [0.15, 0.2) is 17.1 Å². The normalized spacial score (nSPS) is 28.8. The number of aliphatic carboxylic acids is 1. The van der Waals surface area contributed by atoms with Crippen LogP contribution in [0.5, 0.6) is 11.5 Å². The highest BCUT2D eigenvalue weighted by molar-refractivity contribution is 5.87. The number of carboxylic acids is 1. The smallest absolute Gasteiger partial charge is 0.336 e. The van der Waals surface area contributed by atoms with Gasteiger partial charge >= 0.3 is 11.9 Å². The van der Waals surface area contributed by atoms with Crippen molar-refractivity contribution in [2.24, 2.45) is 0 Å². The lowest BCUT2D eigenvalue weighted by Crippen LogP contribution is -2.57. The van der Waals surface area contributed by atoms with E-state index in [1.165, 1.54) is 24.3 Å². The Morgan fingerprint density at radius 2 is 1.88 bits per heavy atom. The average molecular weight is 368 g/mol. The second-order valence-electron chi connectivity index (χ2n) is 6.03. The Morgan fingerprint density at radius 3 is 2.46 bits per heavy atom. The zero-order valence-electron chi connectivity index (χ0n) is 13.9. The van der Waals surface area contributed by atoms with Crippen LogP contribution in [0.3, 0.4) is 0 Å². The van der Waals surface area contributed by atoms with Crippen LogP contribution in [-0.4, -0.2) is 68.5 Å². The Bertz CT molecular complexity index is 714. The first-order valence-corrected chi connectivity index (χ1v) is 7.74. The molecule has 1 aliphatic rings. The molecule has 142 valence electrons. The quantitative estimate of drug-likeness (QED) is 0.275. The first-order chi connectivity index (χ1) is 12.2. The van der Waals surface area contributed by atoms with Crippen LogP contribution in [0.1, 0.15) is 18.4 Å². The highest BCUT2D eigenvalue weighted by Crippen LogP contribution is 2.34. The van der Waals surface area contributed by atoms with Gasteiger partial charge in [-0.25, -0.2) is 9.59 Å². The summed E-state index contributed by atoms with van der Waals surface area (Å²) in [7, 11) is 1.16. The third-order valence-electron chi connectivity index (χ3n) is 4.30. The van der Waals surface area contributed by atoms with Crippen molar-refractivity contribution in [3.05, 3.63) is 29.8 Å². The Hall–Kier alpha value is -2.62. The summed E-state index contributed by atoms with van der Waals surface area (Å²) < 4.78 is 10.1. The van der Waals surface area contributed by atoms with Crippen molar-refractivity contribution >= 4 is 18.0 Å². The fourth-order valence-electron chi connectivity index (χ4n) is 2.77. The van der Waals surface area contributed by atoms with E-state index in [1.54, 1.807) is 0 Å². The maximum Gasteiger partial charge on any atom is 0.336 e. The number of esters is 1. The van der Waals surface area contributed by atoms with Crippen molar-refractivity contribution < 1.29 is 44.6 Å². The predicted octanol–water partition coefficient (Wildman–Crippen LogP) is 0.00820. The van der Waals surface area contributed by atoms with E-state index in [4.69, 9.17) is 9.47 Å². The number of aliphatic hydroxyl groups is 2. The number of aliphatic hydroxyl groups excluding tert-OH is 2. The minimum absolute atomic E-state index is 0.311. The van der Waals surface area contributed by atoms with Gasteiger partial charge in [-0.1, -0.05) is 6.07 Å². The molecule has 9 nitrogen and oxygen atoms in total. The molecule has 1 aromatic carbocycles. The topological polar surface area (TPSA) is 154 Å². The molecule has 1 aromatic rings. The minimum atomic E-state index is -1.77. The van der Waals surface area contributed by atoms with Gasteiger partial charge in [0.25, 0.3) is 0 Å². The van der Waals surface area contributed by atoms with E-state index in [2.05, 4.69) is 0 Å². The predicted molar refractivity (Wildman–Crippen MR) is 87.3 cm³/mol. The number of carbonyl (C=O) groups excluding carboxylic acids is 1. The van der Waals surface area contributed by atoms with Crippen molar-refractivity contribution in [1.29, 1.82) is 0 Å². The number of hydrogen-bond donors (Lipinski definition) is 5. The number of methoxy groups -OCH3 is 1. The van der Waals surface area contributed by atoms with Crippen LogP contribution in [0.25, 0.3) is 6.08 Å². The molecule has 0 spiro atoms.